The van der Waals surface area contributed by atoms with E-state index in [9.17, 15) is 13.2 Å². The summed E-state index contributed by atoms with van der Waals surface area (Å²) in [4.78, 5) is 15.0. The zero-order valence-corrected chi connectivity index (χ0v) is 17.5. The lowest BCUT2D eigenvalue weighted by Gasteiger charge is -2.26. The number of nitrogens with one attached hydrogen (secondary N) is 1. The highest BCUT2D eigenvalue weighted by molar-refractivity contribution is 7.89. The third kappa shape index (κ3) is 4.41. The number of sulfonamides is 1. The van der Waals surface area contributed by atoms with Crippen LogP contribution in [0.5, 0.6) is 0 Å². The molecule has 0 saturated carbocycles. The standard InChI is InChI=1S/C19H24ClN3O4S/c1-22(2)28(25,26)14-7-8-16(20)15(12-14)19(24)21-13-17(18-6-5-11-27-18)23-9-3-4-10-23/h5-8,11-12,17H,3-4,9-10,13H2,1-2H3,(H,21,24). The Morgan fingerprint density at radius 2 is 2.00 bits per heavy atom. The fraction of sp³-hybridized carbons (Fsp3) is 0.421. The second kappa shape index (κ2) is 8.65. The molecule has 152 valence electrons. The number of carbonyl (C=O) groups is 1. The van der Waals surface area contributed by atoms with Crippen molar-refractivity contribution in [1.29, 1.82) is 0 Å². The van der Waals surface area contributed by atoms with Crippen LogP contribution in [-0.2, 0) is 10.0 Å². The maximum Gasteiger partial charge on any atom is 0.252 e. The molecule has 1 N–H and O–H groups in total. The van der Waals surface area contributed by atoms with E-state index >= 15 is 0 Å². The SMILES string of the molecule is CN(C)S(=O)(=O)c1ccc(Cl)c(C(=O)NCC(c2ccco2)N2CCCC2)c1. The fourth-order valence-corrected chi connectivity index (χ4v) is 4.41. The van der Waals surface area contributed by atoms with Gasteiger partial charge in [0.15, 0.2) is 0 Å². The topological polar surface area (TPSA) is 82.9 Å². The van der Waals surface area contributed by atoms with Crippen molar-refractivity contribution in [2.45, 2.75) is 23.8 Å². The van der Waals surface area contributed by atoms with Crippen LogP contribution in [0.3, 0.4) is 0 Å². The molecule has 1 unspecified atom stereocenters. The van der Waals surface area contributed by atoms with Gasteiger partial charge >= 0.3 is 0 Å². The molecule has 1 aliphatic rings. The highest BCUT2D eigenvalue weighted by atomic mass is 35.5. The predicted octanol–water partition coefficient (Wildman–Crippen LogP) is 2.75. The van der Waals surface area contributed by atoms with Crippen LogP contribution in [0.15, 0.2) is 45.9 Å². The molecule has 28 heavy (non-hydrogen) atoms. The molecule has 1 saturated heterocycles. The van der Waals surface area contributed by atoms with Gasteiger partial charge in [-0.05, 0) is 56.3 Å². The van der Waals surface area contributed by atoms with E-state index < -0.39 is 15.9 Å². The van der Waals surface area contributed by atoms with Gasteiger partial charge in [0.2, 0.25) is 10.0 Å². The van der Waals surface area contributed by atoms with E-state index in [1.807, 2.05) is 12.1 Å². The van der Waals surface area contributed by atoms with Crippen LogP contribution in [0.1, 0.15) is 35.0 Å². The van der Waals surface area contributed by atoms with E-state index in [2.05, 4.69) is 10.2 Å². The molecule has 2 heterocycles. The molecule has 1 aliphatic heterocycles. The van der Waals surface area contributed by atoms with E-state index in [-0.39, 0.29) is 21.5 Å². The van der Waals surface area contributed by atoms with Gasteiger partial charge in [-0.3, -0.25) is 9.69 Å². The lowest BCUT2D eigenvalue weighted by molar-refractivity contribution is 0.0933. The van der Waals surface area contributed by atoms with Crippen LogP contribution in [-0.4, -0.2) is 57.3 Å². The first-order chi connectivity index (χ1) is 13.3. The van der Waals surface area contributed by atoms with E-state index in [0.29, 0.717) is 6.54 Å². The molecule has 0 aliphatic carbocycles. The van der Waals surface area contributed by atoms with Gasteiger partial charge < -0.3 is 9.73 Å². The number of likely N-dealkylation sites (tertiary alicyclic amines) is 1. The van der Waals surface area contributed by atoms with Crippen molar-refractivity contribution in [2.24, 2.45) is 0 Å². The summed E-state index contributed by atoms with van der Waals surface area (Å²) in [6.45, 7) is 2.23. The zero-order chi connectivity index (χ0) is 20.3. The third-order valence-electron chi connectivity index (χ3n) is 4.87. The third-order valence-corrected chi connectivity index (χ3v) is 7.01. The molecule has 1 amide bonds. The molecule has 1 fully saturated rings. The predicted molar refractivity (Wildman–Crippen MR) is 107 cm³/mol. The lowest BCUT2D eigenvalue weighted by atomic mass is 10.1. The summed E-state index contributed by atoms with van der Waals surface area (Å²) < 4.78 is 31.3. The van der Waals surface area contributed by atoms with Crippen molar-refractivity contribution >= 4 is 27.5 Å². The molecular formula is C19H24ClN3O4S. The van der Waals surface area contributed by atoms with E-state index in [1.165, 1.54) is 32.3 Å². The maximum atomic E-state index is 12.8. The van der Waals surface area contributed by atoms with Crippen LogP contribution < -0.4 is 5.32 Å². The molecule has 2 aromatic rings. The van der Waals surface area contributed by atoms with Gasteiger partial charge in [-0.2, -0.15) is 0 Å². The number of amides is 1. The number of furan rings is 1. The molecule has 1 atom stereocenters. The molecule has 0 radical (unpaired) electrons. The Labute approximate surface area is 170 Å². The zero-order valence-electron chi connectivity index (χ0n) is 15.9. The molecule has 0 spiro atoms. The number of rotatable bonds is 7. The van der Waals surface area contributed by atoms with Gasteiger partial charge in [0.25, 0.3) is 5.91 Å². The Hall–Kier alpha value is -1.87. The van der Waals surface area contributed by atoms with Crippen LogP contribution in [0, 0.1) is 0 Å². The van der Waals surface area contributed by atoms with Crippen molar-refractivity contribution in [2.75, 3.05) is 33.7 Å². The molecule has 3 rings (SSSR count). The summed E-state index contributed by atoms with van der Waals surface area (Å²) in [6.07, 6.45) is 3.84. The summed E-state index contributed by atoms with van der Waals surface area (Å²) in [6, 6.07) is 7.78. The highest BCUT2D eigenvalue weighted by Crippen LogP contribution is 2.26. The molecule has 7 nitrogen and oxygen atoms in total. The first kappa shape index (κ1) is 20.9. The van der Waals surface area contributed by atoms with Gasteiger partial charge in [-0.25, -0.2) is 12.7 Å². The Kier molecular flexibility index (Phi) is 6.44. The number of hydrogen-bond acceptors (Lipinski definition) is 5. The number of hydrogen-bond donors (Lipinski definition) is 1. The molecule has 0 bridgehead atoms. The molecular weight excluding hydrogens is 402 g/mol. The smallest absolute Gasteiger partial charge is 0.252 e. The quantitative estimate of drug-likeness (QED) is 0.737. The summed E-state index contributed by atoms with van der Waals surface area (Å²) in [5.74, 6) is 0.369. The van der Waals surface area contributed by atoms with E-state index in [4.69, 9.17) is 16.0 Å². The minimum Gasteiger partial charge on any atom is -0.468 e. The van der Waals surface area contributed by atoms with Crippen molar-refractivity contribution in [3.63, 3.8) is 0 Å². The molecule has 1 aromatic heterocycles. The minimum atomic E-state index is -3.66. The van der Waals surface area contributed by atoms with Crippen molar-refractivity contribution < 1.29 is 17.6 Å². The monoisotopic (exact) mass is 425 g/mol. The Balaban J connectivity index is 1.78. The summed E-state index contributed by atoms with van der Waals surface area (Å²) in [7, 11) is -0.782. The van der Waals surface area contributed by atoms with Gasteiger partial charge in [-0.15, -0.1) is 0 Å². The van der Waals surface area contributed by atoms with Gasteiger partial charge in [0.1, 0.15) is 5.76 Å². The fourth-order valence-electron chi connectivity index (χ4n) is 3.28. The minimum absolute atomic E-state index is 0.0224. The molecule has 1 aromatic carbocycles. The number of nitrogens with zero attached hydrogens (tertiary/aromatic N) is 2. The highest BCUT2D eigenvalue weighted by Gasteiger charge is 2.27. The first-order valence-corrected chi connectivity index (χ1v) is 10.9. The second-order valence-electron chi connectivity index (χ2n) is 6.91. The largest absolute Gasteiger partial charge is 0.468 e. The normalized spacial score (nSPS) is 16.4. The van der Waals surface area contributed by atoms with Gasteiger partial charge in [-0.1, -0.05) is 11.6 Å². The summed E-state index contributed by atoms with van der Waals surface area (Å²) >= 11 is 6.16. The summed E-state index contributed by atoms with van der Waals surface area (Å²) in [5, 5.41) is 3.08. The van der Waals surface area contributed by atoms with Crippen LogP contribution in [0.4, 0.5) is 0 Å². The van der Waals surface area contributed by atoms with E-state index in [1.54, 1.807) is 6.26 Å². The first-order valence-electron chi connectivity index (χ1n) is 9.08. The van der Waals surface area contributed by atoms with Crippen LogP contribution in [0.2, 0.25) is 5.02 Å². The van der Waals surface area contributed by atoms with Crippen molar-refractivity contribution in [3.8, 4) is 0 Å². The Morgan fingerprint density at radius 1 is 1.29 bits per heavy atom. The van der Waals surface area contributed by atoms with Crippen molar-refractivity contribution in [1.82, 2.24) is 14.5 Å². The van der Waals surface area contributed by atoms with E-state index in [0.717, 1.165) is 36.0 Å². The average Bonchev–Trinajstić information content (AvgIpc) is 3.36. The average molecular weight is 426 g/mol. The number of halogens is 1. The van der Waals surface area contributed by atoms with Gasteiger partial charge in [0.05, 0.1) is 27.8 Å². The lowest BCUT2D eigenvalue weighted by Crippen LogP contribution is -2.36. The Bertz CT molecular complexity index is 923. The molecule has 9 heteroatoms. The number of benzene rings is 1. The second-order valence-corrected chi connectivity index (χ2v) is 9.47. The maximum absolute atomic E-state index is 12.8. The van der Waals surface area contributed by atoms with Crippen LogP contribution >= 0.6 is 11.6 Å². The van der Waals surface area contributed by atoms with Gasteiger partial charge in [0, 0.05) is 20.6 Å². The number of carbonyl (C=O) groups excluding carboxylic acids is 1. The summed E-state index contributed by atoms with van der Waals surface area (Å²) in [5.41, 5.74) is 0.129. The van der Waals surface area contributed by atoms with Crippen molar-refractivity contribution in [3.05, 3.63) is 52.9 Å². The van der Waals surface area contributed by atoms with Crippen LogP contribution in [0.25, 0.3) is 0 Å². The Morgan fingerprint density at radius 3 is 2.61 bits per heavy atom.